The standard InChI is InChI=1S/C24H24N2O3S/c1-16-6-3-4-9-21(16)29-15-23(27)25-20-8-5-7-19(17(20)2)24(28)26-12-10-22-18(14-26)11-13-30-22/h3-9,11,13H,10,12,14-15H2,1-2H3,(H,25,27). The maximum absolute atomic E-state index is 13.1. The first-order valence-electron chi connectivity index (χ1n) is 9.95. The number of rotatable bonds is 5. The summed E-state index contributed by atoms with van der Waals surface area (Å²) in [5.74, 6) is 0.426. The number of hydrogen-bond acceptors (Lipinski definition) is 4. The maximum Gasteiger partial charge on any atom is 0.262 e. The molecule has 6 heteroatoms. The van der Waals surface area contributed by atoms with E-state index in [1.165, 1.54) is 10.4 Å². The Morgan fingerprint density at radius 2 is 1.93 bits per heavy atom. The molecule has 0 radical (unpaired) electrons. The van der Waals surface area contributed by atoms with Gasteiger partial charge in [0.1, 0.15) is 5.75 Å². The number of carbonyl (C=O) groups excluding carboxylic acids is 2. The second kappa shape index (κ2) is 8.71. The van der Waals surface area contributed by atoms with Gasteiger partial charge in [0.25, 0.3) is 11.8 Å². The second-order valence-electron chi connectivity index (χ2n) is 7.43. The van der Waals surface area contributed by atoms with Crippen molar-refractivity contribution >= 4 is 28.8 Å². The number of para-hydroxylation sites is 1. The molecule has 0 aliphatic carbocycles. The lowest BCUT2D eigenvalue weighted by molar-refractivity contribution is -0.118. The van der Waals surface area contributed by atoms with Gasteiger partial charge < -0.3 is 15.0 Å². The van der Waals surface area contributed by atoms with E-state index in [0.29, 0.717) is 30.1 Å². The number of carbonyl (C=O) groups is 2. The monoisotopic (exact) mass is 420 g/mol. The average molecular weight is 421 g/mol. The predicted octanol–water partition coefficient (Wildman–Crippen LogP) is 4.58. The number of aryl methyl sites for hydroxylation is 1. The zero-order valence-corrected chi connectivity index (χ0v) is 17.9. The molecule has 1 aliphatic heterocycles. The van der Waals surface area contributed by atoms with Gasteiger partial charge in [-0.05, 0) is 66.6 Å². The van der Waals surface area contributed by atoms with Crippen LogP contribution in [0.3, 0.4) is 0 Å². The summed E-state index contributed by atoms with van der Waals surface area (Å²) in [6, 6.07) is 15.1. The number of nitrogens with zero attached hydrogens (tertiary/aromatic N) is 1. The Bertz CT molecular complexity index is 1090. The maximum atomic E-state index is 13.1. The summed E-state index contributed by atoms with van der Waals surface area (Å²) in [6.45, 7) is 5.07. The van der Waals surface area contributed by atoms with Crippen LogP contribution in [0.4, 0.5) is 5.69 Å². The summed E-state index contributed by atoms with van der Waals surface area (Å²) in [6.07, 6.45) is 0.893. The molecular weight excluding hydrogens is 396 g/mol. The molecule has 5 nitrogen and oxygen atoms in total. The smallest absolute Gasteiger partial charge is 0.262 e. The number of ether oxygens (including phenoxy) is 1. The van der Waals surface area contributed by atoms with Crippen molar-refractivity contribution in [1.29, 1.82) is 0 Å². The summed E-state index contributed by atoms with van der Waals surface area (Å²) in [7, 11) is 0. The molecule has 154 valence electrons. The van der Waals surface area contributed by atoms with Gasteiger partial charge in [-0.25, -0.2) is 0 Å². The van der Waals surface area contributed by atoms with Crippen LogP contribution in [0, 0.1) is 13.8 Å². The van der Waals surface area contributed by atoms with Gasteiger partial charge >= 0.3 is 0 Å². The lowest BCUT2D eigenvalue weighted by Crippen LogP contribution is -2.35. The van der Waals surface area contributed by atoms with Crippen LogP contribution < -0.4 is 10.1 Å². The highest BCUT2D eigenvalue weighted by atomic mass is 32.1. The third-order valence-corrected chi connectivity index (χ3v) is 6.41. The lowest BCUT2D eigenvalue weighted by Gasteiger charge is -2.28. The first-order valence-corrected chi connectivity index (χ1v) is 10.8. The topological polar surface area (TPSA) is 58.6 Å². The molecule has 0 bridgehead atoms. The number of nitrogens with one attached hydrogen (secondary N) is 1. The molecule has 2 amide bonds. The van der Waals surface area contributed by atoms with E-state index in [1.807, 2.05) is 55.1 Å². The Morgan fingerprint density at radius 1 is 1.10 bits per heavy atom. The number of anilines is 1. The molecule has 1 aliphatic rings. The number of thiophene rings is 1. The van der Waals surface area contributed by atoms with Gasteiger partial charge in [0.2, 0.25) is 0 Å². The van der Waals surface area contributed by atoms with Crippen LogP contribution in [0.15, 0.2) is 53.9 Å². The molecule has 0 spiro atoms. The van der Waals surface area contributed by atoms with Crippen LogP contribution in [-0.4, -0.2) is 29.9 Å². The molecule has 0 saturated heterocycles. The van der Waals surface area contributed by atoms with Gasteiger partial charge in [-0.2, -0.15) is 0 Å². The number of amides is 2. The fraction of sp³-hybridized carbons (Fsp3) is 0.250. The van der Waals surface area contributed by atoms with E-state index in [1.54, 1.807) is 17.4 Å². The molecule has 0 saturated carbocycles. The molecule has 0 unspecified atom stereocenters. The number of benzene rings is 2. The van der Waals surface area contributed by atoms with Gasteiger partial charge in [0, 0.05) is 29.2 Å². The second-order valence-corrected chi connectivity index (χ2v) is 8.43. The van der Waals surface area contributed by atoms with E-state index in [2.05, 4.69) is 16.8 Å². The molecule has 2 aromatic carbocycles. The van der Waals surface area contributed by atoms with E-state index >= 15 is 0 Å². The van der Waals surface area contributed by atoms with Gasteiger partial charge in [-0.15, -0.1) is 11.3 Å². The lowest BCUT2D eigenvalue weighted by atomic mass is 10.0. The normalized spacial score (nSPS) is 12.9. The quantitative estimate of drug-likeness (QED) is 0.657. The largest absolute Gasteiger partial charge is 0.483 e. The zero-order valence-electron chi connectivity index (χ0n) is 17.1. The third-order valence-electron chi connectivity index (χ3n) is 5.39. The Labute approximate surface area is 180 Å². The van der Waals surface area contributed by atoms with Crippen LogP contribution in [0.5, 0.6) is 5.75 Å². The summed E-state index contributed by atoms with van der Waals surface area (Å²) >= 11 is 1.75. The SMILES string of the molecule is Cc1ccccc1OCC(=O)Nc1cccc(C(=O)N2CCc3sccc3C2)c1C. The number of fused-ring (bicyclic) bond motifs is 1. The Balaban J connectivity index is 1.43. The molecule has 0 atom stereocenters. The summed E-state index contributed by atoms with van der Waals surface area (Å²) in [4.78, 5) is 28.8. The van der Waals surface area contributed by atoms with E-state index in [-0.39, 0.29) is 18.4 Å². The van der Waals surface area contributed by atoms with Crippen molar-refractivity contribution in [1.82, 2.24) is 4.90 Å². The van der Waals surface area contributed by atoms with Crippen LogP contribution in [0.2, 0.25) is 0 Å². The molecule has 30 heavy (non-hydrogen) atoms. The molecule has 0 fully saturated rings. The van der Waals surface area contributed by atoms with Crippen LogP contribution in [-0.2, 0) is 17.8 Å². The van der Waals surface area contributed by atoms with Crippen molar-refractivity contribution in [2.45, 2.75) is 26.8 Å². The predicted molar refractivity (Wildman–Crippen MR) is 119 cm³/mol. The first kappa shape index (κ1) is 20.2. The molecule has 3 aromatic rings. The van der Waals surface area contributed by atoms with E-state index in [0.717, 1.165) is 17.5 Å². The van der Waals surface area contributed by atoms with Gasteiger partial charge in [0.15, 0.2) is 6.61 Å². The average Bonchev–Trinajstić information content (AvgIpc) is 3.22. The Kier molecular flexibility index (Phi) is 5.86. The van der Waals surface area contributed by atoms with Crippen molar-refractivity contribution < 1.29 is 14.3 Å². The van der Waals surface area contributed by atoms with Gasteiger partial charge in [0.05, 0.1) is 0 Å². The molecule has 4 rings (SSSR count). The third kappa shape index (κ3) is 4.24. The summed E-state index contributed by atoms with van der Waals surface area (Å²) in [5.41, 5.74) is 4.22. The Morgan fingerprint density at radius 3 is 2.77 bits per heavy atom. The fourth-order valence-corrected chi connectivity index (χ4v) is 4.53. The van der Waals surface area contributed by atoms with Gasteiger partial charge in [-0.3, -0.25) is 9.59 Å². The molecule has 1 N–H and O–H groups in total. The van der Waals surface area contributed by atoms with E-state index in [9.17, 15) is 9.59 Å². The van der Waals surface area contributed by atoms with E-state index < -0.39 is 0 Å². The summed E-state index contributed by atoms with van der Waals surface area (Å²) < 4.78 is 5.62. The minimum Gasteiger partial charge on any atom is -0.483 e. The van der Waals surface area contributed by atoms with Crippen LogP contribution >= 0.6 is 11.3 Å². The van der Waals surface area contributed by atoms with Crippen molar-refractivity contribution in [2.24, 2.45) is 0 Å². The number of hydrogen-bond donors (Lipinski definition) is 1. The van der Waals surface area contributed by atoms with Gasteiger partial charge in [-0.1, -0.05) is 24.3 Å². The zero-order chi connectivity index (χ0) is 21.1. The molecule has 2 heterocycles. The first-order chi connectivity index (χ1) is 14.5. The fourth-order valence-electron chi connectivity index (χ4n) is 3.64. The highest BCUT2D eigenvalue weighted by molar-refractivity contribution is 7.10. The van der Waals surface area contributed by atoms with Crippen molar-refractivity contribution in [3.63, 3.8) is 0 Å². The van der Waals surface area contributed by atoms with Crippen LogP contribution in [0.25, 0.3) is 0 Å². The highest BCUT2D eigenvalue weighted by Crippen LogP contribution is 2.27. The van der Waals surface area contributed by atoms with Crippen LogP contribution in [0.1, 0.15) is 31.9 Å². The summed E-state index contributed by atoms with van der Waals surface area (Å²) in [5, 5.41) is 4.96. The molecular formula is C24H24N2O3S. The Hall–Kier alpha value is -3.12. The highest BCUT2D eigenvalue weighted by Gasteiger charge is 2.24. The van der Waals surface area contributed by atoms with Crippen molar-refractivity contribution in [2.75, 3.05) is 18.5 Å². The minimum atomic E-state index is -0.258. The van der Waals surface area contributed by atoms with E-state index in [4.69, 9.17) is 4.74 Å². The van der Waals surface area contributed by atoms with Crippen molar-refractivity contribution in [3.05, 3.63) is 81.0 Å². The molecule has 1 aromatic heterocycles. The minimum absolute atomic E-state index is 0.00314. The van der Waals surface area contributed by atoms with Crippen molar-refractivity contribution in [3.8, 4) is 5.75 Å².